The number of rotatable bonds is 8. The standard InChI is InChI=1S/C13H21N3O3S/c1-3-5-11(2)16-13(17)7-9-15-20(18,19)12-6-4-8-14-10-12/h4,6,8,10-11,15H,3,5,7,9H2,1-2H3,(H,16,17)/t11-/m0/s1. The van der Waals surface area contributed by atoms with Gasteiger partial charge in [0.1, 0.15) is 4.90 Å². The van der Waals surface area contributed by atoms with E-state index in [2.05, 4.69) is 15.0 Å². The van der Waals surface area contributed by atoms with E-state index >= 15 is 0 Å². The summed E-state index contributed by atoms with van der Waals surface area (Å²) in [6.45, 7) is 4.05. The molecule has 1 rings (SSSR count). The minimum atomic E-state index is -3.59. The van der Waals surface area contributed by atoms with Gasteiger partial charge in [0, 0.05) is 31.4 Å². The molecule has 0 radical (unpaired) electrons. The van der Waals surface area contributed by atoms with E-state index in [9.17, 15) is 13.2 Å². The van der Waals surface area contributed by atoms with Crippen molar-refractivity contribution in [3.05, 3.63) is 24.5 Å². The number of nitrogens with one attached hydrogen (secondary N) is 2. The normalized spacial score (nSPS) is 12.9. The Hall–Kier alpha value is -1.47. The minimum absolute atomic E-state index is 0.0713. The fourth-order valence-electron chi connectivity index (χ4n) is 1.74. The van der Waals surface area contributed by atoms with Crippen molar-refractivity contribution in [3.63, 3.8) is 0 Å². The van der Waals surface area contributed by atoms with Crippen LogP contribution in [0.1, 0.15) is 33.1 Å². The molecular weight excluding hydrogens is 278 g/mol. The highest BCUT2D eigenvalue weighted by Gasteiger charge is 2.14. The van der Waals surface area contributed by atoms with E-state index in [4.69, 9.17) is 0 Å². The Balaban J connectivity index is 2.39. The predicted octanol–water partition coefficient (Wildman–Crippen LogP) is 1.05. The van der Waals surface area contributed by atoms with Crippen molar-refractivity contribution in [1.29, 1.82) is 0 Å². The summed E-state index contributed by atoms with van der Waals surface area (Å²) >= 11 is 0. The number of carbonyl (C=O) groups excluding carboxylic acids is 1. The summed E-state index contributed by atoms with van der Waals surface area (Å²) in [5.74, 6) is -0.153. The van der Waals surface area contributed by atoms with Gasteiger partial charge in [-0.25, -0.2) is 13.1 Å². The number of aromatic nitrogens is 1. The molecule has 7 heteroatoms. The molecule has 0 unspecified atom stereocenters. The lowest BCUT2D eigenvalue weighted by Gasteiger charge is -2.12. The predicted molar refractivity (Wildman–Crippen MR) is 76.6 cm³/mol. The molecule has 0 bridgehead atoms. The molecular formula is C13H21N3O3S. The number of sulfonamides is 1. The number of nitrogens with zero attached hydrogens (tertiary/aromatic N) is 1. The molecule has 0 aliphatic heterocycles. The summed E-state index contributed by atoms with van der Waals surface area (Å²) in [5.41, 5.74) is 0. The molecule has 0 aromatic carbocycles. The van der Waals surface area contributed by atoms with Gasteiger partial charge in [-0.2, -0.15) is 0 Å². The number of pyridine rings is 1. The monoisotopic (exact) mass is 299 g/mol. The average Bonchev–Trinajstić information content (AvgIpc) is 2.39. The highest BCUT2D eigenvalue weighted by atomic mass is 32.2. The molecule has 1 aromatic rings. The summed E-state index contributed by atoms with van der Waals surface area (Å²) in [6, 6.07) is 3.12. The SMILES string of the molecule is CCC[C@H](C)NC(=O)CCNS(=O)(=O)c1cccnc1. The van der Waals surface area contributed by atoms with E-state index in [0.717, 1.165) is 12.8 Å². The van der Waals surface area contributed by atoms with Crippen LogP contribution < -0.4 is 10.0 Å². The van der Waals surface area contributed by atoms with Gasteiger partial charge in [0.15, 0.2) is 0 Å². The first-order valence-corrected chi connectivity index (χ1v) is 8.13. The first-order chi connectivity index (χ1) is 9.45. The number of hydrogen-bond acceptors (Lipinski definition) is 4. The lowest BCUT2D eigenvalue weighted by atomic mass is 10.2. The summed E-state index contributed by atoms with van der Waals surface area (Å²) in [6.07, 6.45) is 4.79. The Morgan fingerprint density at radius 2 is 2.20 bits per heavy atom. The van der Waals surface area contributed by atoms with Crippen LogP contribution in [0.5, 0.6) is 0 Å². The van der Waals surface area contributed by atoms with Crippen LogP contribution in [0.15, 0.2) is 29.4 Å². The quantitative estimate of drug-likeness (QED) is 0.751. The summed E-state index contributed by atoms with van der Waals surface area (Å²) in [5, 5.41) is 2.82. The molecule has 0 aliphatic carbocycles. The van der Waals surface area contributed by atoms with E-state index in [1.54, 1.807) is 6.07 Å². The molecule has 1 atom stereocenters. The van der Waals surface area contributed by atoms with Crippen molar-refractivity contribution < 1.29 is 13.2 Å². The third kappa shape index (κ3) is 5.66. The lowest BCUT2D eigenvalue weighted by Crippen LogP contribution is -2.35. The fourth-order valence-corrected chi connectivity index (χ4v) is 2.74. The van der Waals surface area contributed by atoms with Crippen molar-refractivity contribution >= 4 is 15.9 Å². The van der Waals surface area contributed by atoms with E-state index in [0.29, 0.717) is 0 Å². The van der Waals surface area contributed by atoms with Crippen molar-refractivity contribution in [2.45, 2.75) is 44.0 Å². The molecule has 0 spiro atoms. The summed E-state index contributed by atoms with van der Waals surface area (Å²) < 4.78 is 26.1. The van der Waals surface area contributed by atoms with Crippen LogP contribution in [0, 0.1) is 0 Å². The molecule has 20 heavy (non-hydrogen) atoms. The zero-order valence-electron chi connectivity index (χ0n) is 11.8. The zero-order chi connectivity index (χ0) is 15.0. The lowest BCUT2D eigenvalue weighted by molar-refractivity contribution is -0.121. The maximum atomic E-state index is 11.9. The average molecular weight is 299 g/mol. The Morgan fingerprint density at radius 3 is 2.80 bits per heavy atom. The van der Waals surface area contributed by atoms with Crippen LogP contribution >= 0.6 is 0 Å². The van der Waals surface area contributed by atoms with Crippen molar-refractivity contribution in [1.82, 2.24) is 15.0 Å². The molecule has 6 nitrogen and oxygen atoms in total. The minimum Gasteiger partial charge on any atom is -0.354 e. The van der Waals surface area contributed by atoms with Gasteiger partial charge in [-0.1, -0.05) is 13.3 Å². The Labute approximate surface area is 120 Å². The van der Waals surface area contributed by atoms with E-state index < -0.39 is 10.0 Å². The van der Waals surface area contributed by atoms with Crippen LogP contribution in [-0.2, 0) is 14.8 Å². The van der Waals surface area contributed by atoms with Gasteiger partial charge in [0.25, 0.3) is 0 Å². The Morgan fingerprint density at radius 1 is 1.45 bits per heavy atom. The van der Waals surface area contributed by atoms with Crippen LogP contribution in [0.25, 0.3) is 0 Å². The Bertz CT molecular complexity index is 517. The van der Waals surface area contributed by atoms with Gasteiger partial charge in [-0.15, -0.1) is 0 Å². The first kappa shape index (κ1) is 16.6. The van der Waals surface area contributed by atoms with Gasteiger partial charge >= 0.3 is 0 Å². The van der Waals surface area contributed by atoms with Crippen LogP contribution in [-0.4, -0.2) is 31.9 Å². The molecule has 0 fully saturated rings. The molecule has 0 saturated carbocycles. The van der Waals surface area contributed by atoms with Crippen LogP contribution in [0.3, 0.4) is 0 Å². The van der Waals surface area contributed by atoms with Crippen molar-refractivity contribution in [2.75, 3.05) is 6.54 Å². The van der Waals surface area contributed by atoms with Gasteiger partial charge < -0.3 is 5.32 Å². The Kier molecular flexibility index (Phi) is 6.60. The number of hydrogen-bond donors (Lipinski definition) is 2. The zero-order valence-corrected chi connectivity index (χ0v) is 12.6. The molecule has 0 saturated heterocycles. The van der Waals surface area contributed by atoms with Crippen LogP contribution in [0.4, 0.5) is 0 Å². The number of amides is 1. The molecule has 112 valence electrons. The number of carbonyl (C=O) groups is 1. The second kappa shape index (κ2) is 7.96. The third-order valence-corrected chi connectivity index (χ3v) is 4.16. The topological polar surface area (TPSA) is 88.2 Å². The van der Waals surface area contributed by atoms with Gasteiger partial charge in [0.2, 0.25) is 15.9 Å². The van der Waals surface area contributed by atoms with Crippen molar-refractivity contribution in [2.24, 2.45) is 0 Å². The summed E-state index contributed by atoms with van der Waals surface area (Å²) in [7, 11) is -3.59. The molecule has 1 amide bonds. The molecule has 1 aromatic heterocycles. The molecule has 2 N–H and O–H groups in total. The molecule has 1 heterocycles. The smallest absolute Gasteiger partial charge is 0.242 e. The summed E-state index contributed by atoms with van der Waals surface area (Å²) in [4.78, 5) is 15.4. The van der Waals surface area contributed by atoms with Gasteiger partial charge in [-0.05, 0) is 25.5 Å². The second-order valence-electron chi connectivity index (χ2n) is 4.59. The van der Waals surface area contributed by atoms with Crippen molar-refractivity contribution in [3.8, 4) is 0 Å². The van der Waals surface area contributed by atoms with E-state index in [-0.39, 0.29) is 29.8 Å². The maximum absolute atomic E-state index is 11.9. The van der Waals surface area contributed by atoms with E-state index in [1.165, 1.54) is 18.5 Å². The second-order valence-corrected chi connectivity index (χ2v) is 6.36. The largest absolute Gasteiger partial charge is 0.354 e. The van der Waals surface area contributed by atoms with Gasteiger partial charge in [0.05, 0.1) is 0 Å². The van der Waals surface area contributed by atoms with Gasteiger partial charge in [-0.3, -0.25) is 9.78 Å². The first-order valence-electron chi connectivity index (χ1n) is 6.64. The fraction of sp³-hybridized carbons (Fsp3) is 0.538. The highest BCUT2D eigenvalue weighted by molar-refractivity contribution is 7.89. The maximum Gasteiger partial charge on any atom is 0.242 e. The third-order valence-electron chi connectivity index (χ3n) is 2.72. The van der Waals surface area contributed by atoms with E-state index in [1.807, 2.05) is 13.8 Å². The highest BCUT2D eigenvalue weighted by Crippen LogP contribution is 2.05. The van der Waals surface area contributed by atoms with Crippen LogP contribution in [0.2, 0.25) is 0 Å². The molecule has 0 aliphatic rings.